The third kappa shape index (κ3) is 3.33. The summed E-state index contributed by atoms with van der Waals surface area (Å²) in [6.45, 7) is 8.55. The Kier molecular flexibility index (Phi) is 4.78. The molecule has 0 aromatic heterocycles. The van der Waals surface area contributed by atoms with Gasteiger partial charge in [-0.25, -0.2) is 0 Å². The van der Waals surface area contributed by atoms with E-state index in [1.54, 1.807) is 0 Å². The average molecular weight is 251 g/mol. The molecule has 0 saturated carbocycles. The van der Waals surface area contributed by atoms with Crippen LogP contribution in [0.5, 0.6) is 0 Å². The van der Waals surface area contributed by atoms with Gasteiger partial charge in [0.25, 0.3) is 0 Å². The summed E-state index contributed by atoms with van der Waals surface area (Å²) in [6, 6.07) is 0.493. The lowest BCUT2D eigenvalue weighted by Crippen LogP contribution is -2.52. The highest BCUT2D eigenvalue weighted by atomic mass is 16.2. The van der Waals surface area contributed by atoms with Crippen molar-refractivity contribution in [2.75, 3.05) is 32.7 Å². The Bertz CT molecular complexity index is 327. The first kappa shape index (κ1) is 13.6. The Balaban J connectivity index is 1.89. The molecule has 1 unspecified atom stereocenters. The third-order valence-corrected chi connectivity index (χ3v) is 3.79. The van der Waals surface area contributed by atoms with Gasteiger partial charge in [0.1, 0.15) is 0 Å². The molecule has 0 aromatic carbocycles. The van der Waals surface area contributed by atoms with Crippen molar-refractivity contribution in [3.8, 4) is 0 Å². The fraction of sp³-hybridized carbons (Fsp3) is 0.786. The molecule has 1 N–H and O–H groups in total. The lowest BCUT2D eigenvalue weighted by Gasteiger charge is -2.33. The maximum absolute atomic E-state index is 12.4. The summed E-state index contributed by atoms with van der Waals surface area (Å²) in [5, 5.41) is 3.41. The highest BCUT2D eigenvalue weighted by Gasteiger charge is 2.23. The Hall–Kier alpha value is -0.870. The van der Waals surface area contributed by atoms with E-state index in [9.17, 15) is 4.79 Å². The Morgan fingerprint density at radius 2 is 2.44 bits per heavy atom. The van der Waals surface area contributed by atoms with Gasteiger partial charge in [-0.15, -0.1) is 0 Å². The molecule has 18 heavy (non-hydrogen) atoms. The minimum atomic E-state index is 0.264. The summed E-state index contributed by atoms with van der Waals surface area (Å²) >= 11 is 0. The summed E-state index contributed by atoms with van der Waals surface area (Å²) in [6.07, 6.45) is 5.62. The van der Waals surface area contributed by atoms with Crippen LogP contribution in [0.1, 0.15) is 33.1 Å². The first-order valence-corrected chi connectivity index (χ1v) is 7.16. The van der Waals surface area contributed by atoms with Crippen LogP contribution in [-0.2, 0) is 4.79 Å². The maximum Gasteiger partial charge on any atom is 0.240 e. The second-order valence-electron chi connectivity index (χ2n) is 5.32. The van der Waals surface area contributed by atoms with E-state index in [0.717, 1.165) is 39.0 Å². The van der Waals surface area contributed by atoms with Crippen LogP contribution in [0.4, 0.5) is 0 Å². The second kappa shape index (κ2) is 6.34. The van der Waals surface area contributed by atoms with Crippen LogP contribution in [-0.4, -0.2) is 54.5 Å². The Labute approximate surface area is 110 Å². The maximum atomic E-state index is 12.4. The number of allylic oxidation sites excluding steroid dienone is 2. The molecule has 1 fully saturated rings. The predicted molar refractivity (Wildman–Crippen MR) is 73.2 cm³/mol. The number of likely N-dealkylation sites (N-methyl/N-ethyl adjacent to an activating group) is 1. The number of nitrogens with one attached hydrogen (secondary N) is 1. The lowest BCUT2D eigenvalue weighted by atomic mass is 10.2. The van der Waals surface area contributed by atoms with E-state index < -0.39 is 0 Å². The third-order valence-electron chi connectivity index (χ3n) is 3.79. The number of nitrogens with zero attached hydrogens (tertiary/aromatic N) is 2. The number of hydrogen-bond acceptors (Lipinski definition) is 3. The number of rotatable bonds is 4. The van der Waals surface area contributed by atoms with Gasteiger partial charge in [-0.2, -0.15) is 0 Å². The van der Waals surface area contributed by atoms with Crippen molar-refractivity contribution in [1.29, 1.82) is 0 Å². The molecule has 1 atom stereocenters. The molecule has 0 aromatic rings. The van der Waals surface area contributed by atoms with Gasteiger partial charge in [0.2, 0.25) is 5.91 Å². The molecule has 1 amide bonds. The molecule has 4 nitrogen and oxygen atoms in total. The van der Waals surface area contributed by atoms with Gasteiger partial charge in [0.15, 0.2) is 0 Å². The standard InChI is InChI=1S/C14H25N3O/c1-3-17(13-6-4-5-7-13)14(18)11-16-9-8-15-12(2)10-16/h6,12,15H,3-5,7-11H2,1-2H3. The summed E-state index contributed by atoms with van der Waals surface area (Å²) in [4.78, 5) is 16.6. The lowest BCUT2D eigenvalue weighted by molar-refractivity contribution is -0.130. The Morgan fingerprint density at radius 3 is 3.06 bits per heavy atom. The summed E-state index contributed by atoms with van der Waals surface area (Å²) in [5.41, 5.74) is 1.24. The van der Waals surface area contributed by atoms with Crippen molar-refractivity contribution in [1.82, 2.24) is 15.1 Å². The van der Waals surface area contributed by atoms with Gasteiger partial charge >= 0.3 is 0 Å². The zero-order chi connectivity index (χ0) is 13.0. The molecular weight excluding hydrogens is 226 g/mol. The van der Waals surface area contributed by atoms with Crippen molar-refractivity contribution < 1.29 is 4.79 Å². The van der Waals surface area contributed by atoms with Crippen molar-refractivity contribution in [3.63, 3.8) is 0 Å². The molecule has 0 bridgehead atoms. The second-order valence-corrected chi connectivity index (χ2v) is 5.32. The minimum absolute atomic E-state index is 0.264. The van der Waals surface area contributed by atoms with Crippen molar-refractivity contribution in [2.45, 2.75) is 39.2 Å². The van der Waals surface area contributed by atoms with Gasteiger partial charge in [-0.1, -0.05) is 6.08 Å². The van der Waals surface area contributed by atoms with Crippen LogP contribution in [0.2, 0.25) is 0 Å². The van der Waals surface area contributed by atoms with E-state index >= 15 is 0 Å². The largest absolute Gasteiger partial charge is 0.316 e. The SMILES string of the molecule is CCN(C(=O)CN1CCNC(C)C1)C1=CCCC1. The zero-order valence-electron chi connectivity index (χ0n) is 11.6. The number of hydrogen-bond donors (Lipinski definition) is 1. The minimum Gasteiger partial charge on any atom is -0.316 e. The molecule has 1 aliphatic carbocycles. The smallest absolute Gasteiger partial charge is 0.240 e. The molecule has 2 aliphatic rings. The molecule has 102 valence electrons. The molecule has 2 rings (SSSR count). The van der Waals surface area contributed by atoms with Crippen LogP contribution in [0.25, 0.3) is 0 Å². The number of carbonyl (C=O) groups excluding carboxylic acids is 1. The van der Waals surface area contributed by atoms with E-state index in [2.05, 4.69) is 30.1 Å². The topological polar surface area (TPSA) is 35.6 Å². The molecule has 1 saturated heterocycles. The van der Waals surface area contributed by atoms with E-state index in [1.165, 1.54) is 12.1 Å². The molecule has 0 spiro atoms. The quantitative estimate of drug-likeness (QED) is 0.815. The Morgan fingerprint density at radius 1 is 1.61 bits per heavy atom. The molecule has 1 heterocycles. The first-order valence-electron chi connectivity index (χ1n) is 7.16. The van der Waals surface area contributed by atoms with Crippen LogP contribution in [0.3, 0.4) is 0 Å². The van der Waals surface area contributed by atoms with Crippen LogP contribution >= 0.6 is 0 Å². The molecule has 1 aliphatic heterocycles. The monoisotopic (exact) mass is 251 g/mol. The predicted octanol–water partition coefficient (Wildman–Crippen LogP) is 1.20. The van der Waals surface area contributed by atoms with Crippen LogP contribution in [0, 0.1) is 0 Å². The fourth-order valence-electron chi connectivity index (χ4n) is 2.87. The first-order chi connectivity index (χ1) is 8.70. The number of piperazine rings is 1. The molecule has 0 radical (unpaired) electrons. The van der Waals surface area contributed by atoms with E-state index in [0.29, 0.717) is 12.6 Å². The van der Waals surface area contributed by atoms with E-state index in [1.807, 2.05) is 4.90 Å². The summed E-state index contributed by atoms with van der Waals surface area (Å²) in [5.74, 6) is 0.264. The van der Waals surface area contributed by atoms with Gasteiger partial charge < -0.3 is 10.2 Å². The van der Waals surface area contributed by atoms with Gasteiger partial charge in [-0.05, 0) is 33.1 Å². The summed E-state index contributed by atoms with van der Waals surface area (Å²) in [7, 11) is 0. The van der Waals surface area contributed by atoms with Crippen molar-refractivity contribution in [2.24, 2.45) is 0 Å². The number of carbonyl (C=O) groups is 1. The van der Waals surface area contributed by atoms with Gasteiger partial charge in [0.05, 0.1) is 6.54 Å². The normalized spacial score (nSPS) is 25.0. The van der Waals surface area contributed by atoms with Crippen LogP contribution < -0.4 is 5.32 Å². The molecule has 4 heteroatoms. The highest BCUT2D eigenvalue weighted by molar-refractivity contribution is 5.80. The highest BCUT2D eigenvalue weighted by Crippen LogP contribution is 2.21. The average Bonchev–Trinajstić information content (AvgIpc) is 2.83. The zero-order valence-corrected chi connectivity index (χ0v) is 11.6. The number of amides is 1. The van der Waals surface area contributed by atoms with Crippen LogP contribution in [0.15, 0.2) is 11.8 Å². The van der Waals surface area contributed by atoms with Crippen molar-refractivity contribution in [3.05, 3.63) is 11.8 Å². The van der Waals surface area contributed by atoms with Gasteiger partial charge in [-0.3, -0.25) is 9.69 Å². The van der Waals surface area contributed by atoms with Crippen molar-refractivity contribution >= 4 is 5.91 Å². The van der Waals surface area contributed by atoms with Gasteiger partial charge in [0, 0.05) is 37.9 Å². The fourth-order valence-corrected chi connectivity index (χ4v) is 2.87. The molecular formula is C14H25N3O. The summed E-state index contributed by atoms with van der Waals surface area (Å²) < 4.78 is 0. The van der Waals surface area contributed by atoms with E-state index in [4.69, 9.17) is 0 Å². The van der Waals surface area contributed by atoms with E-state index in [-0.39, 0.29) is 5.91 Å².